The summed E-state index contributed by atoms with van der Waals surface area (Å²) in [5.74, 6) is 1.11. The molecule has 1 aliphatic heterocycles. The number of carbonyl (C=O) groups is 1. The van der Waals surface area contributed by atoms with Crippen LogP contribution in [0.1, 0.15) is 61.0 Å². The highest BCUT2D eigenvalue weighted by Crippen LogP contribution is 2.30. The summed E-state index contributed by atoms with van der Waals surface area (Å²) >= 11 is 1.84. The molecule has 1 saturated heterocycles. The number of rotatable bonds is 5. The van der Waals surface area contributed by atoms with Crippen LogP contribution in [0.3, 0.4) is 0 Å². The Morgan fingerprint density at radius 3 is 2.23 bits per heavy atom. The first kappa shape index (κ1) is 26.4. The molecule has 2 fully saturated rings. The van der Waals surface area contributed by atoms with Crippen molar-refractivity contribution in [3.8, 4) is 11.1 Å². The summed E-state index contributed by atoms with van der Waals surface area (Å²) in [6.07, 6.45) is 8.55. The number of hydrogen-bond donors (Lipinski definition) is 1. The number of amides is 1. The first-order valence-electron chi connectivity index (χ1n) is 13.7. The van der Waals surface area contributed by atoms with Gasteiger partial charge in [0.05, 0.1) is 11.6 Å². The highest BCUT2D eigenvalue weighted by atomic mass is 32.2. The second-order valence-corrected chi connectivity index (χ2v) is 11.7. The number of benzene rings is 1. The molecule has 0 atom stereocenters. The molecule has 6 rings (SSSR count). The molecule has 0 unspecified atom stereocenters. The van der Waals surface area contributed by atoms with Crippen molar-refractivity contribution >= 4 is 28.7 Å². The van der Waals surface area contributed by atoms with Crippen LogP contribution in [0.15, 0.2) is 70.6 Å². The van der Waals surface area contributed by atoms with E-state index in [4.69, 9.17) is 0 Å². The smallest absolute Gasteiger partial charge is 0.333 e. The monoisotopic (exact) mass is 559 g/mol. The zero-order valence-corrected chi connectivity index (χ0v) is 22.8. The molecule has 206 valence electrons. The molecule has 1 aliphatic carbocycles. The Kier molecular flexibility index (Phi) is 7.51. The number of fused-ring (bicyclic) bond motifs is 1. The summed E-state index contributed by atoms with van der Waals surface area (Å²) < 4.78 is 17.1. The number of pyridine rings is 2. The van der Waals surface area contributed by atoms with Gasteiger partial charge in [-0.1, -0.05) is 12.1 Å². The maximum absolute atomic E-state index is 14.1. The summed E-state index contributed by atoms with van der Waals surface area (Å²) in [6.45, 7) is 0. The van der Waals surface area contributed by atoms with Crippen molar-refractivity contribution in [3.63, 3.8) is 0 Å². The van der Waals surface area contributed by atoms with Crippen LogP contribution in [0.2, 0.25) is 0 Å². The van der Waals surface area contributed by atoms with E-state index in [-0.39, 0.29) is 40.8 Å². The van der Waals surface area contributed by atoms with Gasteiger partial charge in [-0.2, -0.15) is 11.8 Å². The number of thioether (sulfide) groups is 1. The summed E-state index contributed by atoms with van der Waals surface area (Å²) in [4.78, 5) is 48.4. The Balaban J connectivity index is 1.19. The lowest BCUT2D eigenvalue weighted by atomic mass is 9.90. The number of halogens is 1. The average molecular weight is 560 g/mol. The molecular weight excluding hydrogens is 529 g/mol. The second kappa shape index (κ2) is 11.4. The minimum absolute atomic E-state index is 0.0588. The molecule has 0 spiro atoms. The van der Waals surface area contributed by atoms with Gasteiger partial charge in [0.1, 0.15) is 11.5 Å². The van der Waals surface area contributed by atoms with Crippen LogP contribution < -0.4 is 16.6 Å². The van der Waals surface area contributed by atoms with Gasteiger partial charge in [0.15, 0.2) is 0 Å². The molecule has 8 nitrogen and oxygen atoms in total. The maximum Gasteiger partial charge on any atom is 0.333 e. The summed E-state index contributed by atoms with van der Waals surface area (Å²) in [7, 11) is 0. The standard InChI is InChI=1S/C30H30FN5O3S/c31-22-17-26-27(33-18-22)35(25-11-15-40-16-12-25)30(39)36(29(26)38)24-7-5-23(6-8-24)34-28(37)21-3-1-19(2-4-21)20-9-13-32-14-10-20/h1-4,9-10,13-14,17-18,23-25H,5-8,11-12,15-16H2,(H,34,37)/t23-,24+. The Morgan fingerprint density at radius 1 is 0.875 bits per heavy atom. The number of nitrogens with one attached hydrogen (secondary N) is 1. The van der Waals surface area contributed by atoms with E-state index in [2.05, 4.69) is 15.3 Å². The van der Waals surface area contributed by atoms with E-state index in [0.717, 1.165) is 41.7 Å². The maximum atomic E-state index is 14.1. The van der Waals surface area contributed by atoms with Crippen molar-refractivity contribution in [2.45, 2.75) is 56.7 Å². The van der Waals surface area contributed by atoms with E-state index >= 15 is 0 Å². The fourth-order valence-electron chi connectivity index (χ4n) is 5.90. The lowest BCUT2D eigenvalue weighted by molar-refractivity contribution is 0.0922. The highest BCUT2D eigenvalue weighted by molar-refractivity contribution is 7.99. The van der Waals surface area contributed by atoms with Crippen LogP contribution in [0.25, 0.3) is 22.2 Å². The summed E-state index contributed by atoms with van der Waals surface area (Å²) in [6, 6.07) is 12.1. The minimum Gasteiger partial charge on any atom is -0.349 e. The van der Waals surface area contributed by atoms with Gasteiger partial charge in [-0.15, -0.1) is 0 Å². The van der Waals surface area contributed by atoms with E-state index in [1.165, 1.54) is 10.6 Å². The fraction of sp³-hybridized carbons (Fsp3) is 0.367. The third-order valence-electron chi connectivity index (χ3n) is 8.04. The van der Waals surface area contributed by atoms with Gasteiger partial charge in [-0.05, 0) is 91.5 Å². The van der Waals surface area contributed by atoms with E-state index in [0.29, 0.717) is 31.2 Å². The Bertz CT molecular complexity index is 1640. The molecule has 40 heavy (non-hydrogen) atoms. The normalized spacial score (nSPS) is 19.9. The van der Waals surface area contributed by atoms with Gasteiger partial charge < -0.3 is 5.32 Å². The number of nitrogens with zero attached hydrogens (tertiary/aromatic N) is 4. The van der Waals surface area contributed by atoms with Gasteiger partial charge in [0.25, 0.3) is 11.5 Å². The number of aromatic nitrogens is 4. The molecule has 2 aliphatic rings. The van der Waals surface area contributed by atoms with Crippen LogP contribution in [0.4, 0.5) is 4.39 Å². The predicted octanol–water partition coefficient (Wildman–Crippen LogP) is 4.74. The second-order valence-electron chi connectivity index (χ2n) is 10.5. The van der Waals surface area contributed by atoms with Gasteiger partial charge in [0, 0.05) is 36.1 Å². The van der Waals surface area contributed by atoms with Crippen molar-refractivity contribution in [2.24, 2.45) is 0 Å². The SMILES string of the molecule is O=C(N[C@H]1CC[C@@H](n2c(=O)c3cc(F)cnc3n(C3CCSCC3)c2=O)CC1)c1ccc(-c2ccncc2)cc1. The molecule has 3 aromatic heterocycles. The van der Waals surface area contributed by atoms with Gasteiger partial charge in [-0.3, -0.25) is 23.7 Å². The molecule has 1 saturated carbocycles. The average Bonchev–Trinajstić information content (AvgIpc) is 2.99. The zero-order chi connectivity index (χ0) is 27.6. The van der Waals surface area contributed by atoms with Crippen molar-refractivity contribution in [2.75, 3.05) is 11.5 Å². The first-order chi connectivity index (χ1) is 19.5. The summed E-state index contributed by atoms with van der Waals surface area (Å²) in [5, 5.41) is 3.26. The number of hydrogen-bond acceptors (Lipinski definition) is 6. The minimum atomic E-state index is -0.597. The van der Waals surface area contributed by atoms with Crippen molar-refractivity contribution in [3.05, 3.63) is 93.3 Å². The van der Waals surface area contributed by atoms with Crippen LogP contribution >= 0.6 is 11.8 Å². The molecule has 4 heterocycles. The van der Waals surface area contributed by atoms with Crippen LogP contribution in [0.5, 0.6) is 0 Å². The molecule has 1 N–H and O–H groups in total. The van der Waals surface area contributed by atoms with Crippen molar-refractivity contribution in [1.29, 1.82) is 0 Å². The van der Waals surface area contributed by atoms with Crippen molar-refractivity contribution < 1.29 is 9.18 Å². The third kappa shape index (κ3) is 5.20. The Labute approximate surface area is 234 Å². The Morgan fingerprint density at radius 2 is 1.52 bits per heavy atom. The molecule has 0 bridgehead atoms. The molecule has 0 radical (unpaired) electrons. The molecule has 4 aromatic rings. The fourth-order valence-corrected chi connectivity index (χ4v) is 6.99. The van der Waals surface area contributed by atoms with E-state index in [1.54, 1.807) is 17.0 Å². The third-order valence-corrected chi connectivity index (χ3v) is 9.09. The molecule has 10 heteroatoms. The van der Waals surface area contributed by atoms with Crippen LogP contribution in [-0.2, 0) is 0 Å². The quantitative estimate of drug-likeness (QED) is 0.379. The van der Waals surface area contributed by atoms with Crippen molar-refractivity contribution in [1.82, 2.24) is 24.4 Å². The van der Waals surface area contributed by atoms with Crippen LogP contribution in [0, 0.1) is 5.82 Å². The first-order valence-corrected chi connectivity index (χ1v) is 14.9. The molecule has 1 amide bonds. The lowest BCUT2D eigenvalue weighted by Crippen LogP contribution is -2.46. The molecular formula is C30H30FN5O3S. The molecule has 1 aromatic carbocycles. The Hall–Kier alpha value is -3.79. The van der Waals surface area contributed by atoms with Gasteiger partial charge in [0.2, 0.25) is 0 Å². The largest absolute Gasteiger partial charge is 0.349 e. The zero-order valence-electron chi connectivity index (χ0n) is 22.0. The summed E-state index contributed by atoms with van der Waals surface area (Å²) in [5.41, 5.74) is 2.02. The van der Waals surface area contributed by atoms with E-state index in [1.807, 2.05) is 48.2 Å². The van der Waals surface area contributed by atoms with Crippen LogP contribution in [-0.4, -0.2) is 42.6 Å². The van der Waals surface area contributed by atoms with Gasteiger partial charge >= 0.3 is 5.69 Å². The van der Waals surface area contributed by atoms with E-state index < -0.39 is 11.4 Å². The van der Waals surface area contributed by atoms with Gasteiger partial charge in [-0.25, -0.2) is 14.2 Å². The number of carbonyl (C=O) groups excluding carboxylic acids is 1. The van der Waals surface area contributed by atoms with E-state index in [9.17, 15) is 18.8 Å². The predicted molar refractivity (Wildman–Crippen MR) is 154 cm³/mol. The highest BCUT2D eigenvalue weighted by Gasteiger charge is 2.29. The lowest BCUT2D eigenvalue weighted by Gasteiger charge is -2.31. The topological polar surface area (TPSA) is 98.9 Å².